The molecule has 0 saturated heterocycles. The van der Waals surface area contributed by atoms with Gasteiger partial charge in [0.05, 0.1) is 12.0 Å². The molecule has 0 aromatic heterocycles. The van der Waals surface area contributed by atoms with Crippen molar-refractivity contribution in [3.8, 4) is 0 Å². The first-order valence-electron chi connectivity index (χ1n) is 9.12. The Morgan fingerprint density at radius 2 is 2.00 bits per heavy atom. The predicted molar refractivity (Wildman–Crippen MR) is 89.1 cm³/mol. The number of aliphatic carboxylic acids is 1. The van der Waals surface area contributed by atoms with Gasteiger partial charge in [-0.05, 0) is 61.5 Å². The van der Waals surface area contributed by atoms with Gasteiger partial charge in [0.1, 0.15) is 0 Å². The minimum absolute atomic E-state index is 0.0443. The Bertz CT molecular complexity index is 663. The molecule has 4 nitrogen and oxygen atoms in total. The van der Waals surface area contributed by atoms with Gasteiger partial charge in [-0.1, -0.05) is 25.5 Å². The second-order valence-electron chi connectivity index (χ2n) is 8.77. The zero-order chi connectivity index (χ0) is 17.3. The van der Waals surface area contributed by atoms with Gasteiger partial charge in [-0.3, -0.25) is 9.59 Å². The first-order valence-corrected chi connectivity index (χ1v) is 9.12. The summed E-state index contributed by atoms with van der Waals surface area (Å²) >= 11 is 0. The smallest absolute Gasteiger partial charge is 0.307 e. The van der Waals surface area contributed by atoms with Crippen LogP contribution < -0.4 is 0 Å². The molecular weight excluding hydrogens is 304 g/mol. The summed E-state index contributed by atoms with van der Waals surface area (Å²) in [4.78, 5) is 23.5. The number of aliphatic hydroxyl groups is 1. The van der Waals surface area contributed by atoms with Crippen molar-refractivity contribution in [2.24, 2.45) is 34.5 Å². The van der Waals surface area contributed by atoms with E-state index in [0.29, 0.717) is 18.3 Å². The van der Waals surface area contributed by atoms with Crippen LogP contribution in [0.5, 0.6) is 0 Å². The lowest BCUT2D eigenvalue weighted by Crippen LogP contribution is -2.56. The van der Waals surface area contributed by atoms with Crippen LogP contribution in [0.15, 0.2) is 23.8 Å². The standard InChI is InChI=1S/C20H26O4/c1-19-8-7-12(21)9-11(19)3-4-13-14-5-6-15(18(23)24)20(14,2)10-16(22)17(13)19/h7-9,13-17,22H,3-6,10H2,1-2H3,(H,23,24)/t13?,14?,15-,16+,17?,19+,20+/m1/s1. The molecule has 2 N–H and O–H groups in total. The van der Waals surface area contributed by atoms with Crippen molar-refractivity contribution < 1.29 is 19.8 Å². The van der Waals surface area contributed by atoms with Crippen molar-refractivity contribution in [2.45, 2.75) is 52.1 Å². The molecular formula is C20H26O4. The second-order valence-corrected chi connectivity index (χ2v) is 8.77. The molecule has 0 radical (unpaired) electrons. The zero-order valence-corrected chi connectivity index (χ0v) is 14.4. The van der Waals surface area contributed by atoms with Gasteiger partial charge in [-0.25, -0.2) is 0 Å². The van der Waals surface area contributed by atoms with E-state index in [2.05, 4.69) is 13.8 Å². The normalized spacial score (nSPS) is 49.9. The molecule has 4 aliphatic rings. The number of aliphatic hydroxyl groups excluding tert-OH is 1. The summed E-state index contributed by atoms with van der Waals surface area (Å²) in [6.07, 6.45) is 8.94. The van der Waals surface area contributed by atoms with E-state index in [1.165, 1.54) is 0 Å². The molecule has 7 atom stereocenters. The highest BCUT2D eigenvalue weighted by Gasteiger charge is 2.62. The number of allylic oxidation sites excluding steroid dienone is 4. The van der Waals surface area contributed by atoms with Crippen LogP contribution in [0.1, 0.15) is 46.0 Å². The van der Waals surface area contributed by atoms with Crippen LogP contribution in [-0.2, 0) is 9.59 Å². The van der Waals surface area contributed by atoms with Crippen LogP contribution in [0.2, 0.25) is 0 Å². The van der Waals surface area contributed by atoms with Crippen LogP contribution in [0.3, 0.4) is 0 Å². The number of rotatable bonds is 1. The topological polar surface area (TPSA) is 74.6 Å². The van der Waals surface area contributed by atoms with E-state index in [9.17, 15) is 19.8 Å². The first-order chi connectivity index (χ1) is 11.3. The highest BCUT2D eigenvalue weighted by molar-refractivity contribution is 6.01. The van der Waals surface area contributed by atoms with Crippen LogP contribution in [0, 0.1) is 34.5 Å². The molecule has 24 heavy (non-hydrogen) atoms. The number of fused-ring (bicyclic) bond motifs is 5. The number of hydrogen-bond donors (Lipinski definition) is 2. The van der Waals surface area contributed by atoms with Gasteiger partial charge >= 0.3 is 5.97 Å². The molecule has 4 heteroatoms. The SMILES string of the molecule is C[C@]12C=CC(=O)C=C1CCC1C2[C@@H](O)C[C@@]2(C)C1CC[C@@H]2C(=O)O. The number of carboxylic acids is 1. The van der Waals surface area contributed by atoms with Gasteiger partial charge in [0.25, 0.3) is 0 Å². The molecule has 130 valence electrons. The van der Waals surface area contributed by atoms with Crippen molar-refractivity contribution in [1.29, 1.82) is 0 Å². The third kappa shape index (κ3) is 1.95. The van der Waals surface area contributed by atoms with Gasteiger partial charge in [0.15, 0.2) is 5.78 Å². The molecule has 4 rings (SSSR count). The molecule has 0 aromatic carbocycles. The molecule has 0 aliphatic heterocycles. The molecule has 4 aliphatic carbocycles. The summed E-state index contributed by atoms with van der Waals surface area (Å²) in [5, 5.41) is 20.7. The highest BCUT2D eigenvalue weighted by atomic mass is 16.4. The Morgan fingerprint density at radius 1 is 1.25 bits per heavy atom. The lowest BCUT2D eigenvalue weighted by Gasteiger charge is -2.58. The Labute approximate surface area is 142 Å². The summed E-state index contributed by atoms with van der Waals surface area (Å²) in [6, 6.07) is 0. The summed E-state index contributed by atoms with van der Waals surface area (Å²) in [5.74, 6) is -0.224. The van der Waals surface area contributed by atoms with Crippen molar-refractivity contribution in [2.75, 3.05) is 0 Å². The maximum absolute atomic E-state index is 11.8. The maximum atomic E-state index is 11.8. The summed E-state index contributed by atoms with van der Waals surface area (Å²) in [6.45, 7) is 4.23. The summed E-state index contributed by atoms with van der Waals surface area (Å²) in [5.41, 5.74) is 0.573. The van der Waals surface area contributed by atoms with Gasteiger partial charge in [0, 0.05) is 11.3 Å². The van der Waals surface area contributed by atoms with Crippen molar-refractivity contribution in [1.82, 2.24) is 0 Å². The molecule has 0 spiro atoms. The molecule has 3 saturated carbocycles. The third-order valence-corrected chi connectivity index (χ3v) is 7.79. The molecule has 0 bridgehead atoms. The van der Waals surface area contributed by atoms with Crippen molar-refractivity contribution >= 4 is 11.8 Å². The van der Waals surface area contributed by atoms with Crippen LogP contribution in [0.4, 0.5) is 0 Å². The molecule has 3 fully saturated rings. The monoisotopic (exact) mass is 330 g/mol. The lowest BCUT2D eigenvalue weighted by molar-refractivity contribution is -0.155. The molecule has 0 aromatic rings. The van der Waals surface area contributed by atoms with E-state index < -0.39 is 12.1 Å². The lowest BCUT2D eigenvalue weighted by atomic mass is 9.47. The zero-order valence-electron chi connectivity index (χ0n) is 14.4. The second kappa shape index (κ2) is 5.04. The van der Waals surface area contributed by atoms with Gasteiger partial charge < -0.3 is 10.2 Å². The maximum Gasteiger partial charge on any atom is 0.307 e. The van der Waals surface area contributed by atoms with Crippen LogP contribution in [-0.4, -0.2) is 28.1 Å². The average Bonchev–Trinajstić information content (AvgIpc) is 2.84. The first kappa shape index (κ1) is 16.1. The third-order valence-electron chi connectivity index (χ3n) is 7.79. The van der Waals surface area contributed by atoms with Gasteiger partial charge in [-0.15, -0.1) is 0 Å². The van der Waals surface area contributed by atoms with Crippen LogP contribution in [0.25, 0.3) is 0 Å². The fourth-order valence-corrected chi connectivity index (χ4v) is 6.73. The molecule has 3 unspecified atom stereocenters. The number of carboxylic acid groups (broad SMARTS) is 1. The number of carbonyl (C=O) groups is 2. The summed E-state index contributed by atoms with van der Waals surface area (Å²) in [7, 11) is 0. The molecule has 0 amide bonds. The van der Waals surface area contributed by atoms with Gasteiger partial charge in [0.2, 0.25) is 0 Å². The number of hydrogen-bond acceptors (Lipinski definition) is 3. The number of carbonyl (C=O) groups excluding carboxylic acids is 1. The highest BCUT2D eigenvalue weighted by Crippen LogP contribution is 2.65. The van der Waals surface area contributed by atoms with E-state index in [-0.39, 0.29) is 28.4 Å². The quantitative estimate of drug-likeness (QED) is 0.775. The fourth-order valence-electron chi connectivity index (χ4n) is 6.73. The largest absolute Gasteiger partial charge is 0.481 e. The summed E-state index contributed by atoms with van der Waals surface area (Å²) < 4.78 is 0. The van der Waals surface area contributed by atoms with E-state index in [1.54, 1.807) is 12.2 Å². The Kier molecular flexibility index (Phi) is 3.38. The van der Waals surface area contributed by atoms with Crippen molar-refractivity contribution in [3.63, 3.8) is 0 Å². The number of ketones is 1. The van der Waals surface area contributed by atoms with E-state index >= 15 is 0 Å². The van der Waals surface area contributed by atoms with Crippen LogP contribution >= 0.6 is 0 Å². The average molecular weight is 330 g/mol. The Morgan fingerprint density at radius 3 is 2.71 bits per heavy atom. The van der Waals surface area contributed by atoms with Gasteiger partial charge in [-0.2, -0.15) is 0 Å². The fraction of sp³-hybridized carbons (Fsp3) is 0.700. The predicted octanol–water partition coefficient (Wildman–Crippen LogP) is 2.97. The minimum atomic E-state index is -0.712. The Hall–Kier alpha value is -1.42. The Balaban J connectivity index is 1.74. The van der Waals surface area contributed by atoms with Crippen molar-refractivity contribution in [3.05, 3.63) is 23.8 Å². The van der Waals surface area contributed by atoms with E-state index in [0.717, 1.165) is 31.3 Å². The molecule has 0 heterocycles. The van der Waals surface area contributed by atoms with E-state index in [4.69, 9.17) is 0 Å². The minimum Gasteiger partial charge on any atom is -0.481 e. The van der Waals surface area contributed by atoms with E-state index in [1.807, 2.05) is 6.08 Å².